The third-order valence-electron chi connectivity index (χ3n) is 5.75. The van der Waals surface area contributed by atoms with Gasteiger partial charge in [0.15, 0.2) is 5.65 Å². The zero-order valence-electron chi connectivity index (χ0n) is 17.0. The lowest BCUT2D eigenvalue weighted by Crippen LogP contribution is -2.36. The highest BCUT2D eigenvalue weighted by Crippen LogP contribution is 2.33. The largest absolute Gasteiger partial charge is 0.464 e. The highest BCUT2D eigenvalue weighted by atomic mass is 35.5. The number of benzene rings is 1. The number of nitrogens with zero attached hydrogens (tertiary/aromatic N) is 3. The fourth-order valence-corrected chi connectivity index (χ4v) is 4.67. The molecule has 0 unspecified atom stereocenters. The molecule has 1 aliphatic carbocycles. The lowest BCUT2D eigenvalue weighted by atomic mass is 10.1. The van der Waals surface area contributed by atoms with Gasteiger partial charge in [0.1, 0.15) is 23.8 Å². The van der Waals surface area contributed by atoms with Crippen LogP contribution in [0.4, 0.5) is 5.82 Å². The third-order valence-corrected chi connectivity index (χ3v) is 6.45. The molecule has 1 saturated carbocycles. The zero-order chi connectivity index (χ0) is 23.3. The summed E-state index contributed by atoms with van der Waals surface area (Å²) in [6, 6.07) is 8.26. The van der Waals surface area contributed by atoms with Crippen molar-refractivity contribution in [1.29, 1.82) is 0 Å². The number of fused-ring (bicyclic) bond motifs is 2. The van der Waals surface area contributed by atoms with Gasteiger partial charge >= 0.3 is 10.3 Å². The molecule has 0 spiro atoms. The van der Waals surface area contributed by atoms with Gasteiger partial charge in [-0.3, -0.25) is 4.18 Å². The molecule has 0 aliphatic heterocycles. The molecule has 1 aliphatic rings. The number of hydrogen-bond acceptors (Lipinski definition) is 9. The van der Waals surface area contributed by atoms with Crippen molar-refractivity contribution >= 4 is 44.3 Å². The second-order valence-electron chi connectivity index (χ2n) is 7.92. The van der Waals surface area contributed by atoms with Gasteiger partial charge in [0.2, 0.25) is 0 Å². The van der Waals surface area contributed by atoms with Gasteiger partial charge in [-0.25, -0.2) is 10.1 Å². The molecule has 3 aromatic heterocycles. The minimum Gasteiger partial charge on any atom is -0.464 e. The number of aromatic nitrogens is 3. The maximum Gasteiger partial charge on any atom is 0.333 e. The van der Waals surface area contributed by atoms with E-state index in [1.165, 1.54) is 0 Å². The van der Waals surface area contributed by atoms with Crippen molar-refractivity contribution < 1.29 is 27.2 Å². The van der Waals surface area contributed by atoms with Crippen molar-refractivity contribution in [2.75, 3.05) is 11.9 Å². The van der Waals surface area contributed by atoms with Gasteiger partial charge < -0.3 is 19.9 Å². The van der Waals surface area contributed by atoms with Gasteiger partial charge in [-0.1, -0.05) is 11.6 Å². The summed E-state index contributed by atoms with van der Waals surface area (Å²) in [5, 5.41) is 34.9. The molecule has 5 rings (SSSR count). The van der Waals surface area contributed by atoms with Gasteiger partial charge in [-0.2, -0.15) is 18.0 Å². The fraction of sp³-hybridized carbons (Fsp3) is 0.300. The fourth-order valence-electron chi connectivity index (χ4n) is 4.14. The first-order chi connectivity index (χ1) is 15.7. The minimum absolute atomic E-state index is 0.253. The topological polar surface area (TPSA) is 165 Å². The monoisotopic (exact) mass is 493 g/mol. The number of hydrogen-bond donors (Lipinski definition) is 4. The lowest BCUT2D eigenvalue weighted by molar-refractivity contribution is 0.00777. The first kappa shape index (κ1) is 22.1. The van der Waals surface area contributed by atoms with E-state index < -0.39 is 34.5 Å². The molecule has 1 aromatic carbocycles. The van der Waals surface area contributed by atoms with E-state index in [0.717, 1.165) is 10.9 Å². The lowest BCUT2D eigenvalue weighted by Gasteiger charge is -2.19. The molecule has 11 nitrogen and oxygen atoms in total. The van der Waals surface area contributed by atoms with Crippen molar-refractivity contribution in [1.82, 2.24) is 14.6 Å². The molecular formula is C20H20ClN5O6S. The van der Waals surface area contributed by atoms with E-state index in [2.05, 4.69) is 19.6 Å². The second kappa shape index (κ2) is 8.24. The van der Waals surface area contributed by atoms with Crippen LogP contribution in [0, 0.1) is 5.92 Å². The maximum atomic E-state index is 11.1. The first-order valence-corrected chi connectivity index (χ1v) is 11.9. The van der Waals surface area contributed by atoms with E-state index in [1.54, 1.807) is 41.2 Å². The summed E-state index contributed by atoms with van der Waals surface area (Å²) in [5.41, 5.74) is 2.59. The Bertz CT molecular complexity index is 1440. The highest BCUT2D eigenvalue weighted by molar-refractivity contribution is 7.84. The summed E-state index contributed by atoms with van der Waals surface area (Å²) >= 11 is 6.03. The standard InChI is InChI=1S/C20H20ClN5O6S/c21-11-1-2-12-13(9-31-16(12)6-11)14-7-18-23-4-3-17(26(18)25-14)24-15-5-10(19(27)20(15)28)8-32-33(22,29)30/h1-4,6-7,9-10,15,19-20,24,27-28H,5,8H2,(H2,22,29,30)/t10-,15-,19-,20+/m1/s1. The van der Waals surface area contributed by atoms with Crippen molar-refractivity contribution in [3.8, 4) is 11.3 Å². The predicted molar refractivity (Wildman–Crippen MR) is 120 cm³/mol. The normalized spacial score (nSPS) is 23.5. The van der Waals surface area contributed by atoms with E-state index in [1.807, 2.05) is 6.07 Å². The maximum absolute atomic E-state index is 11.1. The van der Waals surface area contributed by atoms with E-state index >= 15 is 0 Å². The average Bonchev–Trinajstić information content (AvgIpc) is 3.44. The van der Waals surface area contributed by atoms with Crippen LogP contribution in [0.5, 0.6) is 0 Å². The summed E-state index contributed by atoms with van der Waals surface area (Å²) in [5.74, 6) is -0.0863. The van der Waals surface area contributed by atoms with Crippen molar-refractivity contribution in [2.24, 2.45) is 11.1 Å². The summed E-state index contributed by atoms with van der Waals surface area (Å²) in [6.07, 6.45) is 1.11. The number of nitrogens with two attached hydrogens (primary N) is 1. The summed E-state index contributed by atoms with van der Waals surface area (Å²) in [7, 11) is -4.15. The van der Waals surface area contributed by atoms with Crippen LogP contribution in [0.25, 0.3) is 27.9 Å². The highest BCUT2D eigenvalue weighted by Gasteiger charge is 2.42. The van der Waals surface area contributed by atoms with Gasteiger partial charge in [-0.15, -0.1) is 0 Å². The molecule has 0 radical (unpaired) electrons. The average molecular weight is 494 g/mol. The number of rotatable bonds is 6. The molecule has 0 bridgehead atoms. The Labute approximate surface area is 193 Å². The Kier molecular flexibility index (Phi) is 5.51. The Morgan fingerprint density at radius 3 is 2.88 bits per heavy atom. The molecule has 13 heteroatoms. The molecule has 5 N–H and O–H groups in total. The first-order valence-electron chi connectivity index (χ1n) is 10.0. The number of halogens is 1. The van der Waals surface area contributed by atoms with Crippen molar-refractivity contribution in [2.45, 2.75) is 24.7 Å². The third kappa shape index (κ3) is 4.28. The van der Waals surface area contributed by atoms with Crippen LogP contribution in [0.3, 0.4) is 0 Å². The molecule has 0 saturated heterocycles. The molecule has 4 atom stereocenters. The number of aliphatic hydroxyl groups is 2. The van der Waals surface area contributed by atoms with Crippen molar-refractivity contribution in [3.05, 3.63) is 47.8 Å². The molecular weight excluding hydrogens is 474 g/mol. The molecule has 3 heterocycles. The molecule has 0 amide bonds. The van der Waals surface area contributed by atoms with Crippen LogP contribution in [0.2, 0.25) is 5.02 Å². The minimum atomic E-state index is -4.15. The van der Waals surface area contributed by atoms with Crippen LogP contribution < -0.4 is 10.5 Å². The zero-order valence-corrected chi connectivity index (χ0v) is 18.6. The Morgan fingerprint density at radius 2 is 2.09 bits per heavy atom. The number of aliphatic hydroxyl groups excluding tert-OH is 2. The van der Waals surface area contributed by atoms with Crippen LogP contribution >= 0.6 is 11.6 Å². The SMILES string of the molecule is NS(=O)(=O)OC[C@H]1C[C@@H](Nc2ccnc3cc(-c4coc5cc(Cl)ccc45)nn23)[C@H](O)[C@@H]1O. The quantitative estimate of drug-likeness (QED) is 0.311. The van der Waals surface area contributed by atoms with Crippen LogP contribution in [-0.2, 0) is 14.5 Å². The number of furan rings is 1. The molecule has 1 fully saturated rings. The smallest absolute Gasteiger partial charge is 0.333 e. The number of nitrogens with one attached hydrogen (secondary N) is 1. The van der Waals surface area contributed by atoms with Crippen LogP contribution in [-0.4, -0.2) is 58.1 Å². The Hall–Kier alpha value is -2.74. The van der Waals surface area contributed by atoms with Gasteiger partial charge in [-0.05, 0) is 24.6 Å². The van der Waals surface area contributed by atoms with Crippen LogP contribution in [0.1, 0.15) is 6.42 Å². The summed E-state index contributed by atoms with van der Waals surface area (Å²) in [4.78, 5) is 4.34. The van der Waals surface area contributed by atoms with Crippen LogP contribution in [0.15, 0.2) is 47.2 Å². The Morgan fingerprint density at radius 1 is 1.27 bits per heavy atom. The molecule has 4 aromatic rings. The summed E-state index contributed by atoms with van der Waals surface area (Å²) < 4.78 is 33.9. The van der Waals surface area contributed by atoms with Crippen molar-refractivity contribution in [3.63, 3.8) is 0 Å². The van der Waals surface area contributed by atoms with Gasteiger partial charge in [0, 0.05) is 40.2 Å². The number of anilines is 1. The second-order valence-corrected chi connectivity index (χ2v) is 9.58. The predicted octanol–water partition coefficient (Wildman–Crippen LogP) is 1.54. The van der Waals surface area contributed by atoms with E-state index in [0.29, 0.717) is 27.8 Å². The van der Waals surface area contributed by atoms with Gasteiger partial charge in [0.05, 0.1) is 24.4 Å². The van der Waals surface area contributed by atoms with Gasteiger partial charge in [0.25, 0.3) is 0 Å². The molecule has 33 heavy (non-hydrogen) atoms. The van der Waals surface area contributed by atoms with E-state index in [9.17, 15) is 18.6 Å². The Balaban J connectivity index is 1.42. The van der Waals surface area contributed by atoms with E-state index in [-0.39, 0.29) is 13.0 Å². The van der Waals surface area contributed by atoms with E-state index in [4.69, 9.17) is 21.2 Å². The summed E-state index contributed by atoms with van der Waals surface area (Å²) in [6.45, 7) is -0.329. The molecule has 174 valence electrons.